The molecule has 0 bridgehead atoms. The summed E-state index contributed by atoms with van der Waals surface area (Å²) in [5, 5.41) is 14.5. The van der Waals surface area contributed by atoms with E-state index in [1.807, 2.05) is 32.0 Å². The maximum atomic E-state index is 11.1. The SMILES string of the molecule is Cc1ccc([N+](=O)[O-])c(OCC(C)(C)CNCc2ccccc2)n1. The molecule has 0 atom stereocenters. The third-order valence-corrected chi connectivity index (χ3v) is 3.55. The maximum Gasteiger partial charge on any atom is 0.330 e. The van der Waals surface area contributed by atoms with Crippen LogP contribution in [0.2, 0.25) is 0 Å². The van der Waals surface area contributed by atoms with Crippen molar-refractivity contribution in [2.45, 2.75) is 27.3 Å². The minimum absolute atomic E-state index is 0.0798. The molecule has 0 unspecified atom stereocenters. The van der Waals surface area contributed by atoms with Gasteiger partial charge in [-0.2, -0.15) is 0 Å². The average Bonchev–Trinajstić information content (AvgIpc) is 2.54. The molecule has 6 heteroatoms. The molecule has 0 spiro atoms. The van der Waals surface area contributed by atoms with Gasteiger partial charge in [0, 0.05) is 30.3 Å². The molecule has 0 radical (unpaired) electrons. The van der Waals surface area contributed by atoms with Crippen LogP contribution in [0.1, 0.15) is 25.1 Å². The van der Waals surface area contributed by atoms with Gasteiger partial charge in [0.2, 0.25) is 0 Å². The van der Waals surface area contributed by atoms with Crippen molar-refractivity contribution in [3.63, 3.8) is 0 Å². The van der Waals surface area contributed by atoms with Gasteiger partial charge in [-0.15, -0.1) is 0 Å². The number of rotatable bonds is 8. The lowest BCUT2D eigenvalue weighted by atomic mass is 9.95. The van der Waals surface area contributed by atoms with Gasteiger partial charge in [0.05, 0.1) is 11.5 Å². The van der Waals surface area contributed by atoms with Gasteiger partial charge in [0.25, 0.3) is 5.88 Å². The van der Waals surface area contributed by atoms with Crippen LogP contribution in [0.4, 0.5) is 5.69 Å². The van der Waals surface area contributed by atoms with Gasteiger partial charge in [-0.1, -0.05) is 44.2 Å². The van der Waals surface area contributed by atoms with Crippen LogP contribution in [-0.2, 0) is 6.54 Å². The molecule has 1 N–H and O–H groups in total. The zero-order valence-corrected chi connectivity index (χ0v) is 14.3. The molecule has 0 aliphatic carbocycles. The van der Waals surface area contributed by atoms with Crippen molar-refractivity contribution in [2.75, 3.05) is 13.2 Å². The fraction of sp³-hybridized carbons (Fsp3) is 0.389. The zero-order valence-electron chi connectivity index (χ0n) is 14.3. The van der Waals surface area contributed by atoms with E-state index in [0.29, 0.717) is 12.3 Å². The lowest BCUT2D eigenvalue weighted by Crippen LogP contribution is -2.34. The molecule has 24 heavy (non-hydrogen) atoms. The number of nitro groups is 1. The average molecular weight is 329 g/mol. The minimum Gasteiger partial charge on any atom is -0.472 e. The molecule has 1 heterocycles. The smallest absolute Gasteiger partial charge is 0.330 e. The molecule has 2 rings (SSSR count). The molecule has 1 aromatic carbocycles. The number of nitrogens with zero attached hydrogens (tertiary/aromatic N) is 2. The van der Waals surface area contributed by atoms with E-state index in [4.69, 9.17) is 4.74 Å². The molecule has 0 saturated heterocycles. The molecule has 0 aliphatic heterocycles. The first kappa shape index (κ1) is 17.9. The van der Waals surface area contributed by atoms with Crippen LogP contribution in [0.25, 0.3) is 0 Å². The Hall–Kier alpha value is -2.47. The van der Waals surface area contributed by atoms with Gasteiger partial charge in [0.15, 0.2) is 0 Å². The number of nitrogens with one attached hydrogen (secondary N) is 1. The highest BCUT2D eigenvalue weighted by Gasteiger charge is 2.23. The third kappa shape index (κ3) is 5.31. The van der Waals surface area contributed by atoms with Crippen molar-refractivity contribution < 1.29 is 9.66 Å². The van der Waals surface area contributed by atoms with Crippen LogP contribution in [0.5, 0.6) is 5.88 Å². The monoisotopic (exact) mass is 329 g/mol. The lowest BCUT2D eigenvalue weighted by molar-refractivity contribution is -0.386. The first-order chi connectivity index (χ1) is 11.4. The summed E-state index contributed by atoms with van der Waals surface area (Å²) in [4.78, 5) is 14.7. The van der Waals surface area contributed by atoms with Gasteiger partial charge in [-0.05, 0) is 18.6 Å². The normalized spacial score (nSPS) is 11.3. The van der Waals surface area contributed by atoms with E-state index in [2.05, 4.69) is 22.4 Å². The second kappa shape index (κ2) is 7.88. The number of hydrogen-bond acceptors (Lipinski definition) is 5. The highest BCUT2D eigenvalue weighted by atomic mass is 16.6. The Bertz CT molecular complexity index is 687. The minimum atomic E-state index is -0.470. The fourth-order valence-electron chi connectivity index (χ4n) is 2.23. The second-order valence-electron chi connectivity index (χ2n) is 6.58. The summed E-state index contributed by atoms with van der Waals surface area (Å²) in [6, 6.07) is 13.2. The Morgan fingerprint density at radius 3 is 2.58 bits per heavy atom. The molecule has 0 saturated carbocycles. The Kier molecular flexibility index (Phi) is 5.87. The molecule has 0 aliphatic rings. The van der Waals surface area contributed by atoms with Crippen LogP contribution in [0, 0.1) is 22.5 Å². The summed E-state index contributed by atoms with van der Waals surface area (Å²) in [6.07, 6.45) is 0. The number of hydrogen-bond donors (Lipinski definition) is 1. The van der Waals surface area contributed by atoms with Gasteiger partial charge in [0.1, 0.15) is 0 Å². The summed E-state index contributed by atoms with van der Waals surface area (Å²) in [7, 11) is 0. The van der Waals surface area contributed by atoms with Crippen LogP contribution in [-0.4, -0.2) is 23.1 Å². The first-order valence-corrected chi connectivity index (χ1v) is 7.87. The van der Waals surface area contributed by atoms with E-state index < -0.39 is 4.92 Å². The van der Waals surface area contributed by atoms with Gasteiger partial charge in [-0.25, -0.2) is 4.98 Å². The Morgan fingerprint density at radius 2 is 1.92 bits per heavy atom. The zero-order chi connectivity index (χ0) is 17.6. The van der Waals surface area contributed by atoms with Crippen molar-refractivity contribution in [1.29, 1.82) is 0 Å². The summed E-state index contributed by atoms with van der Waals surface area (Å²) in [5.74, 6) is 0.0798. The van der Waals surface area contributed by atoms with E-state index >= 15 is 0 Å². The highest BCUT2D eigenvalue weighted by molar-refractivity contribution is 5.41. The maximum absolute atomic E-state index is 11.1. The van der Waals surface area contributed by atoms with Crippen molar-refractivity contribution in [2.24, 2.45) is 5.41 Å². The van der Waals surface area contributed by atoms with E-state index in [1.54, 1.807) is 13.0 Å². The number of benzene rings is 1. The van der Waals surface area contributed by atoms with Crippen LogP contribution in [0.15, 0.2) is 42.5 Å². The van der Waals surface area contributed by atoms with Gasteiger partial charge < -0.3 is 10.1 Å². The molecular weight excluding hydrogens is 306 g/mol. The van der Waals surface area contributed by atoms with Crippen molar-refractivity contribution >= 4 is 5.69 Å². The quantitative estimate of drug-likeness (QED) is 0.592. The predicted octanol–water partition coefficient (Wildman–Crippen LogP) is 3.49. The van der Waals surface area contributed by atoms with Gasteiger partial charge >= 0.3 is 5.69 Å². The standard InChI is InChI=1S/C18H23N3O3/c1-14-9-10-16(21(22)23)17(20-14)24-13-18(2,3)12-19-11-15-7-5-4-6-8-15/h4-10,19H,11-13H2,1-3H3. The van der Waals surface area contributed by atoms with Crippen molar-refractivity contribution in [1.82, 2.24) is 10.3 Å². The van der Waals surface area contributed by atoms with Crippen LogP contribution >= 0.6 is 0 Å². The molecule has 0 fully saturated rings. The molecule has 0 amide bonds. The number of ether oxygens (including phenoxy) is 1. The first-order valence-electron chi connectivity index (χ1n) is 7.87. The predicted molar refractivity (Wildman–Crippen MR) is 93.1 cm³/mol. The van der Waals surface area contributed by atoms with E-state index in [9.17, 15) is 10.1 Å². The van der Waals surface area contributed by atoms with Crippen molar-refractivity contribution in [3.8, 4) is 5.88 Å². The van der Waals surface area contributed by atoms with E-state index in [-0.39, 0.29) is 17.0 Å². The molecule has 1 aromatic heterocycles. The number of aryl methyl sites for hydroxylation is 1. The topological polar surface area (TPSA) is 77.3 Å². The van der Waals surface area contributed by atoms with Crippen LogP contribution in [0.3, 0.4) is 0 Å². The Morgan fingerprint density at radius 1 is 1.21 bits per heavy atom. The summed E-state index contributed by atoms with van der Waals surface area (Å²) >= 11 is 0. The molecule has 128 valence electrons. The second-order valence-corrected chi connectivity index (χ2v) is 6.58. The summed E-state index contributed by atoms with van der Waals surface area (Å²) in [5.41, 5.74) is 1.61. The lowest BCUT2D eigenvalue weighted by Gasteiger charge is -2.25. The number of aromatic nitrogens is 1. The molecular formula is C18H23N3O3. The molecule has 6 nitrogen and oxygen atoms in total. The number of pyridine rings is 1. The fourth-order valence-corrected chi connectivity index (χ4v) is 2.23. The third-order valence-electron chi connectivity index (χ3n) is 3.55. The largest absolute Gasteiger partial charge is 0.472 e. The summed E-state index contributed by atoms with van der Waals surface area (Å²) < 4.78 is 5.65. The molecule has 2 aromatic rings. The Labute approximate surface area is 142 Å². The van der Waals surface area contributed by atoms with Gasteiger partial charge in [-0.3, -0.25) is 10.1 Å². The Balaban J connectivity index is 1.90. The van der Waals surface area contributed by atoms with Crippen molar-refractivity contribution in [3.05, 3.63) is 63.8 Å². The summed E-state index contributed by atoms with van der Waals surface area (Å²) in [6.45, 7) is 7.71. The highest BCUT2D eigenvalue weighted by Crippen LogP contribution is 2.26. The van der Waals surface area contributed by atoms with E-state index in [0.717, 1.165) is 13.1 Å². The van der Waals surface area contributed by atoms with Crippen LogP contribution < -0.4 is 10.1 Å². The van der Waals surface area contributed by atoms with E-state index in [1.165, 1.54) is 11.6 Å².